The van der Waals surface area contributed by atoms with Gasteiger partial charge in [0, 0.05) is 6.54 Å². The molecule has 6 heteroatoms. The van der Waals surface area contributed by atoms with E-state index in [0.717, 1.165) is 29.2 Å². The van der Waals surface area contributed by atoms with E-state index in [1.165, 1.54) is 0 Å². The molecule has 0 aromatic heterocycles. The Morgan fingerprint density at radius 1 is 1.31 bits per heavy atom. The molecule has 0 saturated heterocycles. The summed E-state index contributed by atoms with van der Waals surface area (Å²) >= 11 is 0. The van der Waals surface area contributed by atoms with Gasteiger partial charge in [-0.15, -0.1) is 0 Å². The second-order valence-electron chi connectivity index (χ2n) is 6.67. The molecule has 136 valence electrons. The number of benzene rings is 2. The smallest absolute Gasteiger partial charge is 0.231 e. The van der Waals surface area contributed by atoms with E-state index in [-0.39, 0.29) is 29.9 Å². The van der Waals surface area contributed by atoms with Crippen LogP contribution in [0.2, 0.25) is 0 Å². The molecule has 5 nitrogen and oxygen atoms in total. The fraction of sp³-hybridized carbons (Fsp3) is 0.350. The van der Waals surface area contributed by atoms with Crippen molar-refractivity contribution < 1.29 is 18.7 Å². The zero-order chi connectivity index (χ0) is 18.1. The second kappa shape index (κ2) is 6.96. The highest BCUT2D eigenvalue weighted by molar-refractivity contribution is 5.93. The monoisotopic (exact) mass is 356 g/mol. The van der Waals surface area contributed by atoms with Gasteiger partial charge in [-0.3, -0.25) is 4.79 Å². The maximum atomic E-state index is 14.7. The van der Waals surface area contributed by atoms with Crippen molar-refractivity contribution in [2.45, 2.75) is 19.4 Å². The summed E-state index contributed by atoms with van der Waals surface area (Å²) in [6, 6.07) is 9.06. The molecule has 2 aliphatic heterocycles. The quantitative estimate of drug-likeness (QED) is 0.888. The Balaban J connectivity index is 1.50. The van der Waals surface area contributed by atoms with Crippen molar-refractivity contribution in [2.75, 3.05) is 25.6 Å². The Labute approximate surface area is 151 Å². The normalized spacial score (nSPS) is 18.3. The van der Waals surface area contributed by atoms with E-state index in [4.69, 9.17) is 9.47 Å². The molecule has 2 heterocycles. The first-order valence-corrected chi connectivity index (χ1v) is 8.77. The van der Waals surface area contributed by atoms with E-state index in [9.17, 15) is 9.18 Å². The molecular formula is C20H21FN2O3. The lowest BCUT2D eigenvalue weighted by molar-refractivity contribution is -0.121. The number of rotatable bonds is 3. The number of amides is 1. The molecule has 2 N–H and O–H groups in total. The molecule has 0 radical (unpaired) electrons. The van der Waals surface area contributed by atoms with Gasteiger partial charge in [0.15, 0.2) is 0 Å². The van der Waals surface area contributed by atoms with Gasteiger partial charge in [0.05, 0.1) is 18.7 Å². The number of nitrogens with one attached hydrogen (secondary N) is 2. The van der Waals surface area contributed by atoms with Gasteiger partial charge in [-0.1, -0.05) is 6.07 Å². The third-order valence-electron chi connectivity index (χ3n) is 5.01. The molecule has 0 saturated carbocycles. The molecule has 26 heavy (non-hydrogen) atoms. The van der Waals surface area contributed by atoms with Gasteiger partial charge in [0.1, 0.15) is 23.9 Å². The summed E-state index contributed by atoms with van der Waals surface area (Å²) in [5, 5.41) is 5.96. The first kappa shape index (κ1) is 16.8. The van der Waals surface area contributed by atoms with E-state index in [1.54, 1.807) is 13.2 Å². The van der Waals surface area contributed by atoms with Gasteiger partial charge < -0.3 is 20.1 Å². The van der Waals surface area contributed by atoms with Crippen molar-refractivity contribution in [3.8, 4) is 11.5 Å². The van der Waals surface area contributed by atoms with Gasteiger partial charge in [-0.05, 0) is 60.3 Å². The predicted molar refractivity (Wildman–Crippen MR) is 96.1 cm³/mol. The summed E-state index contributed by atoms with van der Waals surface area (Å²) in [4.78, 5) is 12.7. The fourth-order valence-corrected chi connectivity index (χ4v) is 3.53. The molecule has 2 aliphatic rings. The number of anilines is 1. The Bertz CT molecular complexity index is 853. The minimum absolute atomic E-state index is 0.230. The van der Waals surface area contributed by atoms with Crippen LogP contribution in [-0.4, -0.2) is 26.2 Å². The molecule has 1 atom stereocenters. The van der Waals surface area contributed by atoms with Gasteiger partial charge in [0.25, 0.3) is 0 Å². The third-order valence-corrected chi connectivity index (χ3v) is 5.01. The van der Waals surface area contributed by atoms with Gasteiger partial charge in [-0.25, -0.2) is 4.39 Å². The van der Waals surface area contributed by atoms with E-state index >= 15 is 0 Å². The first-order valence-electron chi connectivity index (χ1n) is 8.77. The van der Waals surface area contributed by atoms with Crippen molar-refractivity contribution >= 4 is 11.6 Å². The van der Waals surface area contributed by atoms with Crippen LogP contribution < -0.4 is 20.1 Å². The van der Waals surface area contributed by atoms with Crippen molar-refractivity contribution in [3.63, 3.8) is 0 Å². The second-order valence-corrected chi connectivity index (χ2v) is 6.67. The lowest BCUT2D eigenvalue weighted by Crippen LogP contribution is -2.33. The van der Waals surface area contributed by atoms with Crippen molar-refractivity contribution in [1.29, 1.82) is 0 Å². The standard InChI is InChI=1S/C20H21FN2O3/c1-25-15-3-5-18-13(9-15)8-14(11-26-18)20(24)23-17-4-2-12-10-22-7-6-16(12)19(17)21/h2-5,9,14,22H,6-8,10-11H2,1H3,(H,23,24). The van der Waals surface area contributed by atoms with Crippen LogP contribution in [0.5, 0.6) is 11.5 Å². The third kappa shape index (κ3) is 3.12. The molecule has 0 fully saturated rings. The molecular weight excluding hydrogens is 335 g/mol. The fourth-order valence-electron chi connectivity index (χ4n) is 3.53. The maximum Gasteiger partial charge on any atom is 0.231 e. The van der Waals surface area contributed by atoms with Crippen molar-refractivity contribution in [3.05, 3.63) is 52.8 Å². The number of halogens is 1. The van der Waals surface area contributed by atoms with Gasteiger partial charge in [0.2, 0.25) is 5.91 Å². The zero-order valence-electron chi connectivity index (χ0n) is 14.6. The van der Waals surface area contributed by atoms with Crippen LogP contribution >= 0.6 is 0 Å². The number of hydrogen-bond donors (Lipinski definition) is 2. The van der Waals surface area contributed by atoms with Gasteiger partial charge in [-0.2, -0.15) is 0 Å². The summed E-state index contributed by atoms with van der Waals surface area (Å²) < 4.78 is 25.7. The number of methoxy groups -OCH3 is 1. The highest BCUT2D eigenvalue weighted by Gasteiger charge is 2.27. The minimum Gasteiger partial charge on any atom is -0.497 e. The Kier molecular flexibility index (Phi) is 4.51. The first-order chi connectivity index (χ1) is 12.7. The van der Waals surface area contributed by atoms with Crippen LogP contribution in [0.15, 0.2) is 30.3 Å². The van der Waals surface area contributed by atoms with E-state index in [1.807, 2.05) is 24.3 Å². The summed E-state index contributed by atoms with van der Waals surface area (Å²) in [5.41, 5.74) is 2.81. The topological polar surface area (TPSA) is 59.6 Å². The average molecular weight is 356 g/mol. The molecule has 4 rings (SSSR count). The van der Waals surface area contributed by atoms with Crippen LogP contribution in [0, 0.1) is 11.7 Å². The van der Waals surface area contributed by atoms with E-state index < -0.39 is 0 Å². The van der Waals surface area contributed by atoms with Crippen LogP contribution in [0.25, 0.3) is 0 Å². The molecule has 1 amide bonds. The SMILES string of the molecule is COc1ccc2c(c1)CC(C(=O)Nc1ccc3c(c1F)CCNC3)CO2. The lowest BCUT2D eigenvalue weighted by atomic mass is 9.95. The van der Waals surface area contributed by atoms with Crippen molar-refractivity contribution in [2.24, 2.45) is 5.92 Å². The molecule has 1 unspecified atom stereocenters. The summed E-state index contributed by atoms with van der Waals surface area (Å²) in [7, 11) is 1.60. The minimum atomic E-state index is -0.369. The van der Waals surface area contributed by atoms with E-state index in [0.29, 0.717) is 24.9 Å². The molecule has 2 aromatic rings. The van der Waals surface area contributed by atoms with Crippen LogP contribution in [-0.2, 0) is 24.2 Å². The predicted octanol–water partition coefficient (Wildman–Crippen LogP) is 2.67. The summed E-state index contributed by atoms with van der Waals surface area (Å²) in [6.45, 7) is 1.69. The molecule has 2 aromatic carbocycles. The number of fused-ring (bicyclic) bond motifs is 2. The molecule has 0 aliphatic carbocycles. The van der Waals surface area contributed by atoms with Crippen molar-refractivity contribution in [1.82, 2.24) is 5.32 Å². The molecule has 0 spiro atoms. The Morgan fingerprint density at radius 2 is 2.19 bits per heavy atom. The largest absolute Gasteiger partial charge is 0.497 e. The van der Waals surface area contributed by atoms with E-state index in [2.05, 4.69) is 10.6 Å². The number of ether oxygens (including phenoxy) is 2. The van der Waals surface area contributed by atoms with Crippen LogP contribution in [0.4, 0.5) is 10.1 Å². The van der Waals surface area contributed by atoms with Crippen LogP contribution in [0.3, 0.4) is 0 Å². The Morgan fingerprint density at radius 3 is 3.04 bits per heavy atom. The maximum absolute atomic E-state index is 14.7. The average Bonchev–Trinajstić information content (AvgIpc) is 2.69. The lowest BCUT2D eigenvalue weighted by Gasteiger charge is -2.25. The molecule has 0 bridgehead atoms. The van der Waals surface area contributed by atoms with Gasteiger partial charge >= 0.3 is 0 Å². The number of carbonyl (C=O) groups excluding carboxylic acids is 1. The zero-order valence-corrected chi connectivity index (χ0v) is 14.6. The number of hydrogen-bond acceptors (Lipinski definition) is 4. The summed E-state index contributed by atoms with van der Waals surface area (Å²) in [6.07, 6.45) is 1.17. The highest BCUT2D eigenvalue weighted by Crippen LogP contribution is 2.31. The highest BCUT2D eigenvalue weighted by atomic mass is 19.1. The Hall–Kier alpha value is -2.60. The summed E-state index contributed by atoms with van der Waals surface area (Å²) in [5.74, 6) is 0.569. The number of carbonyl (C=O) groups is 1. The van der Waals surface area contributed by atoms with Crippen LogP contribution in [0.1, 0.15) is 16.7 Å².